The van der Waals surface area contributed by atoms with Gasteiger partial charge in [0.05, 0.1) is 5.56 Å². The molecule has 0 aliphatic rings. The molecule has 0 aliphatic carbocycles. The number of benzene rings is 1. The van der Waals surface area contributed by atoms with Gasteiger partial charge in [-0.25, -0.2) is 0 Å². The first-order chi connectivity index (χ1) is 9.21. The van der Waals surface area contributed by atoms with Crippen LogP contribution in [0.1, 0.15) is 31.1 Å². The number of carbonyl (C=O) groups is 2. The molecule has 1 rings (SSSR count). The van der Waals surface area contributed by atoms with Crippen molar-refractivity contribution >= 4 is 51.7 Å². The Bertz CT molecular complexity index is 541. The van der Waals surface area contributed by atoms with E-state index >= 15 is 0 Å². The third-order valence-electron chi connectivity index (χ3n) is 2.32. The molecule has 7 heteroatoms. The van der Waals surface area contributed by atoms with Crippen molar-refractivity contribution in [1.29, 1.82) is 0 Å². The number of amides is 2. The molecule has 1 aromatic carbocycles. The molecule has 2 amide bonds. The Hall–Kier alpha value is -1.22. The van der Waals surface area contributed by atoms with Gasteiger partial charge in [-0.05, 0) is 46.9 Å². The van der Waals surface area contributed by atoms with Gasteiger partial charge in [-0.15, -0.1) is 0 Å². The van der Waals surface area contributed by atoms with Crippen LogP contribution in [0.15, 0.2) is 24.3 Å². The van der Waals surface area contributed by atoms with Gasteiger partial charge in [0, 0.05) is 8.99 Å². The lowest BCUT2D eigenvalue weighted by Gasteiger charge is -2.18. The minimum Gasteiger partial charge on any atom is -0.301 e. The summed E-state index contributed by atoms with van der Waals surface area (Å²) in [6, 6.07) is 7.15. The van der Waals surface area contributed by atoms with E-state index in [0.29, 0.717) is 5.56 Å². The molecule has 0 spiro atoms. The fourth-order valence-corrected chi connectivity index (χ4v) is 1.92. The predicted octanol–water partition coefficient (Wildman–Crippen LogP) is 1.97. The molecule has 0 saturated heterocycles. The summed E-state index contributed by atoms with van der Waals surface area (Å²) in [6.07, 6.45) is 0. The Labute approximate surface area is 137 Å². The zero-order valence-electron chi connectivity index (χ0n) is 11.4. The first-order valence-corrected chi connectivity index (χ1v) is 7.37. The van der Waals surface area contributed by atoms with Crippen molar-refractivity contribution in [1.82, 2.24) is 16.2 Å². The van der Waals surface area contributed by atoms with Crippen molar-refractivity contribution in [3.8, 4) is 0 Å². The number of thiocarbonyl (C=S) groups is 1. The maximum atomic E-state index is 11.9. The van der Waals surface area contributed by atoms with Crippen molar-refractivity contribution in [2.45, 2.75) is 20.8 Å². The molecule has 0 unspecified atom stereocenters. The average molecular weight is 405 g/mol. The first kappa shape index (κ1) is 16.8. The molecule has 1 aromatic rings. The standard InChI is InChI=1S/C13H16IN3O2S/c1-13(2,3)11(19)15-12(20)17-16-10(18)8-6-4-5-7-9(8)14/h4-7H,1-3H3,(H,16,18)(H2,15,17,19,20). The van der Waals surface area contributed by atoms with Crippen LogP contribution in [0.5, 0.6) is 0 Å². The number of nitrogens with one attached hydrogen (secondary N) is 3. The maximum Gasteiger partial charge on any atom is 0.270 e. The van der Waals surface area contributed by atoms with Gasteiger partial charge < -0.3 is 5.32 Å². The quantitative estimate of drug-likeness (QED) is 0.380. The fraction of sp³-hybridized carbons (Fsp3) is 0.308. The Morgan fingerprint density at radius 2 is 1.75 bits per heavy atom. The average Bonchev–Trinajstić information content (AvgIpc) is 2.35. The molecule has 108 valence electrons. The zero-order chi connectivity index (χ0) is 15.3. The number of hydrogen-bond acceptors (Lipinski definition) is 3. The highest BCUT2D eigenvalue weighted by Crippen LogP contribution is 2.12. The molecule has 0 saturated carbocycles. The molecule has 0 radical (unpaired) electrons. The van der Waals surface area contributed by atoms with E-state index in [-0.39, 0.29) is 16.9 Å². The predicted molar refractivity (Wildman–Crippen MR) is 90.0 cm³/mol. The topological polar surface area (TPSA) is 70.2 Å². The highest BCUT2D eigenvalue weighted by atomic mass is 127. The Morgan fingerprint density at radius 1 is 1.15 bits per heavy atom. The number of halogens is 1. The molecule has 0 bridgehead atoms. The van der Waals surface area contributed by atoms with E-state index in [9.17, 15) is 9.59 Å². The van der Waals surface area contributed by atoms with Gasteiger partial charge in [0.25, 0.3) is 5.91 Å². The highest BCUT2D eigenvalue weighted by molar-refractivity contribution is 14.1. The van der Waals surface area contributed by atoms with E-state index in [1.54, 1.807) is 32.9 Å². The minimum atomic E-state index is -0.551. The van der Waals surface area contributed by atoms with Crippen LogP contribution in [0, 0.1) is 8.99 Å². The van der Waals surface area contributed by atoms with Crippen molar-refractivity contribution < 1.29 is 9.59 Å². The minimum absolute atomic E-state index is 0.0595. The summed E-state index contributed by atoms with van der Waals surface area (Å²) in [6.45, 7) is 5.32. The van der Waals surface area contributed by atoms with Gasteiger partial charge in [0.2, 0.25) is 5.91 Å². The number of hydrogen-bond donors (Lipinski definition) is 3. The van der Waals surface area contributed by atoms with Gasteiger partial charge in [-0.2, -0.15) is 0 Å². The lowest BCUT2D eigenvalue weighted by atomic mass is 9.96. The van der Waals surface area contributed by atoms with Crippen LogP contribution in [-0.2, 0) is 4.79 Å². The van der Waals surface area contributed by atoms with Crippen LogP contribution in [0.25, 0.3) is 0 Å². The summed E-state index contributed by atoms with van der Waals surface area (Å²) in [5.74, 6) is -0.541. The van der Waals surface area contributed by atoms with Crippen LogP contribution < -0.4 is 16.2 Å². The second kappa shape index (κ2) is 6.98. The zero-order valence-corrected chi connectivity index (χ0v) is 14.4. The maximum absolute atomic E-state index is 11.9. The number of carbonyl (C=O) groups excluding carboxylic acids is 2. The van der Waals surface area contributed by atoms with Crippen LogP contribution >= 0.6 is 34.8 Å². The molecule has 5 nitrogen and oxygen atoms in total. The normalized spacial score (nSPS) is 10.6. The highest BCUT2D eigenvalue weighted by Gasteiger charge is 2.22. The molecule has 0 fully saturated rings. The van der Waals surface area contributed by atoms with Crippen molar-refractivity contribution in [2.75, 3.05) is 0 Å². The van der Waals surface area contributed by atoms with Crippen LogP contribution in [-0.4, -0.2) is 16.9 Å². The second-order valence-electron chi connectivity index (χ2n) is 5.09. The van der Waals surface area contributed by atoms with Gasteiger partial charge in [0.1, 0.15) is 0 Å². The lowest BCUT2D eigenvalue weighted by molar-refractivity contribution is -0.126. The monoisotopic (exact) mass is 405 g/mol. The van der Waals surface area contributed by atoms with E-state index < -0.39 is 5.41 Å². The number of hydrazine groups is 1. The third-order valence-corrected chi connectivity index (χ3v) is 3.46. The van der Waals surface area contributed by atoms with E-state index in [2.05, 4.69) is 38.8 Å². The Morgan fingerprint density at radius 3 is 2.30 bits per heavy atom. The van der Waals surface area contributed by atoms with E-state index in [4.69, 9.17) is 12.2 Å². The summed E-state index contributed by atoms with van der Waals surface area (Å²) in [4.78, 5) is 23.6. The summed E-state index contributed by atoms with van der Waals surface area (Å²) in [7, 11) is 0. The summed E-state index contributed by atoms with van der Waals surface area (Å²) in [5, 5.41) is 2.57. The largest absolute Gasteiger partial charge is 0.301 e. The molecule has 0 aromatic heterocycles. The van der Waals surface area contributed by atoms with Crippen molar-refractivity contribution in [3.63, 3.8) is 0 Å². The summed E-state index contributed by atoms with van der Waals surface area (Å²) >= 11 is 7.01. The smallest absolute Gasteiger partial charge is 0.270 e. The lowest BCUT2D eigenvalue weighted by Crippen LogP contribution is -2.50. The fourth-order valence-electron chi connectivity index (χ4n) is 1.15. The van der Waals surface area contributed by atoms with Gasteiger partial charge in [0.15, 0.2) is 5.11 Å². The van der Waals surface area contributed by atoms with E-state index in [1.165, 1.54) is 0 Å². The van der Waals surface area contributed by atoms with Crippen LogP contribution in [0.3, 0.4) is 0 Å². The summed E-state index contributed by atoms with van der Waals surface area (Å²) < 4.78 is 0.828. The third kappa shape index (κ3) is 5.04. The SMILES string of the molecule is CC(C)(C)C(=O)NC(=S)NNC(=O)c1ccccc1I. The molecular weight excluding hydrogens is 389 g/mol. The van der Waals surface area contributed by atoms with E-state index in [0.717, 1.165) is 3.57 Å². The summed E-state index contributed by atoms with van der Waals surface area (Å²) in [5.41, 5.74) is 4.94. The molecule has 3 N–H and O–H groups in total. The van der Waals surface area contributed by atoms with Gasteiger partial charge in [-0.1, -0.05) is 32.9 Å². The number of rotatable bonds is 1. The van der Waals surface area contributed by atoms with Crippen molar-refractivity contribution in [2.24, 2.45) is 5.41 Å². The Kier molecular flexibility index (Phi) is 5.88. The molecule has 0 aliphatic heterocycles. The molecular formula is C13H16IN3O2S. The first-order valence-electron chi connectivity index (χ1n) is 5.88. The van der Waals surface area contributed by atoms with Crippen LogP contribution in [0.2, 0.25) is 0 Å². The van der Waals surface area contributed by atoms with Gasteiger partial charge in [-0.3, -0.25) is 20.4 Å². The van der Waals surface area contributed by atoms with Gasteiger partial charge >= 0.3 is 0 Å². The second-order valence-corrected chi connectivity index (χ2v) is 6.66. The molecule has 20 heavy (non-hydrogen) atoms. The molecule has 0 atom stereocenters. The Balaban J connectivity index is 2.52. The van der Waals surface area contributed by atoms with Crippen LogP contribution in [0.4, 0.5) is 0 Å². The molecule has 0 heterocycles. The van der Waals surface area contributed by atoms with E-state index in [1.807, 2.05) is 12.1 Å². The van der Waals surface area contributed by atoms with Crippen molar-refractivity contribution in [3.05, 3.63) is 33.4 Å².